The molecule has 0 bridgehead atoms. The van der Waals surface area contributed by atoms with Crippen LogP contribution in [0.2, 0.25) is 0 Å². The highest BCUT2D eigenvalue weighted by atomic mass is 32.2. The van der Waals surface area contributed by atoms with Gasteiger partial charge in [-0.1, -0.05) is 6.07 Å². The van der Waals surface area contributed by atoms with Crippen molar-refractivity contribution >= 4 is 37.4 Å². The summed E-state index contributed by atoms with van der Waals surface area (Å²) in [7, 11) is -7.52. The molecule has 0 radical (unpaired) electrons. The summed E-state index contributed by atoms with van der Waals surface area (Å²) in [6, 6.07) is 4.86. The van der Waals surface area contributed by atoms with Gasteiger partial charge in [0, 0.05) is 23.2 Å². The quantitative estimate of drug-likeness (QED) is 0.485. The predicted octanol–water partition coefficient (Wildman–Crippen LogP) is 0.736. The topological polar surface area (TPSA) is 157 Å². The first-order valence-corrected chi connectivity index (χ1v) is 12.6. The molecule has 1 aliphatic rings. The summed E-state index contributed by atoms with van der Waals surface area (Å²) in [4.78, 5) is 15.7. The number of hydrogen-bond acceptors (Lipinski definition) is 8. The highest BCUT2D eigenvalue weighted by Gasteiger charge is 2.29. The van der Waals surface area contributed by atoms with Gasteiger partial charge in [0.05, 0.1) is 23.8 Å². The fraction of sp³-hybridized carbons (Fsp3) is 0.444. The van der Waals surface area contributed by atoms with E-state index in [4.69, 9.17) is 10.5 Å². The van der Waals surface area contributed by atoms with Gasteiger partial charge in [0.15, 0.2) is 0 Å². The molecule has 0 heterocycles. The minimum Gasteiger partial charge on any atom is -0.465 e. The number of nitrogens with one attached hydrogen (secondary N) is 2. The van der Waals surface area contributed by atoms with Crippen molar-refractivity contribution in [3.63, 3.8) is 0 Å². The Kier molecular flexibility index (Phi) is 7.98. The Morgan fingerprint density at radius 2 is 2.07 bits per heavy atom. The third-order valence-electron chi connectivity index (χ3n) is 4.24. The predicted molar refractivity (Wildman–Crippen MR) is 114 cm³/mol. The lowest BCUT2D eigenvalue weighted by Crippen LogP contribution is -2.41. The van der Waals surface area contributed by atoms with Gasteiger partial charge in [-0.2, -0.15) is 0 Å². The lowest BCUT2D eigenvalue weighted by molar-refractivity contribution is -0.141. The summed E-state index contributed by atoms with van der Waals surface area (Å²) in [6.45, 7) is 1.78. The molecule has 1 aromatic carbocycles. The van der Waals surface area contributed by atoms with Crippen LogP contribution in [0.3, 0.4) is 0 Å². The van der Waals surface area contributed by atoms with Crippen molar-refractivity contribution in [1.82, 2.24) is 4.72 Å². The van der Waals surface area contributed by atoms with Crippen LogP contribution in [0.5, 0.6) is 0 Å². The molecule has 1 unspecified atom stereocenters. The summed E-state index contributed by atoms with van der Waals surface area (Å²) < 4.78 is 58.2. The van der Waals surface area contributed by atoms with Gasteiger partial charge in [-0.3, -0.25) is 14.5 Å². The highest BCUT2D eigenvalue weighted by molar-refractivity contribution is 7.92. The van der Waals surface area contributed by atoms with Gasteiger partial charge in [-0.25, -0.2) is 21.6 Å². The number of carbonyl (C=O) groups is 1. The molecule has 166 valence electrons. The van der Waals surface area contributed by atoms with E-state index in [-0.39, 0.29) is 23.7 Å². The first-order valence-electron chi connectivity index (χ1n) is 9.27. The van der Waals surface area contributed by atoms with Gasteiger partial charge in [0.25, 0.3) is 0 Å². The highest BCUT2D eigenvalue weighted by Crippen LogP contribution is 2.24. The van der Waals surface area contributed by atoms with Crippen LogP contribution in [-0.2, 0) is 29.6 Å². The number of hydrogen-bond donors (Lipinski definition) is 3. The van der Waals surface area contributed by atoms with Crippen LogP contribution in [0, 0.1) is 0 Å². The largest absolute Gasteiger partial charge is 0.465 e. The number of nitrogens with zero attached hydrogens (tertiary/aromatic N) is 1. The second-order valence-corrected chi connectivity index (χ2v) is 10.1. The SMILES string of the molecule is CCOC(=O)CN=C1CCCC(NS(=O)(=O)c2cccc(NS(C)(=O)=O)c2)C1=CN. The lowest BCUT2D eigenvalue weighted by Gasteiger charge is -2.27. The van der Waals surface area contributed by atoms with Crippen molar-refractivity contribution in [1.29, 1.82) is 0 Å². The van der Waals surface area contributed by atoms with Gasteiger partial charge in [0.1, 0.15) is 6.54 Å². The molecular weight excluding hydrogens is 432 g/mol. The average molecular weight is 459 g/mol. The Balaban J connectivity index is 2.22. The maximum absolute atomic E-state index is 12.9. The summed E-state index contributed by atoms with van der Waals surface area (Å²) in [5.74, 6) is -0.473. The molecule has 1 aliphatic carbocycles. The number of aliphatic imine (C=N–C) groups is 1. The van der Waals surface area contributed by atoms with E-state index < -0.39 is 32.1 Å². The van der Waals surface area contributed by atoms with Gasteiger partial charge >= 0.3 is 5.97 Å². The maximum Gasteiger partial charge on any atom is 0.327 e. The molecule has 2 rings (SSSR count). The monoisotopic (exact) mass is 458 g/mol. The molecule has 0 saturated heterocycles. The molecule has 0 amide bonds. The smallest absolute Gasteiger partial charge is 0.327 e. The molecule has 30 heavy (non-hydrogen) atoms. The molecule has 0 aromatic heterocycles. The summed E-state index contributed by atoms with van der Waals surface area (Å²) in [6.07, 6.45) is 3.99. The van der Waals surface area contributed by atoms with E-state index in [0.717, 1.165) is 6.26 Å². The summed E-state index contributed by atoms with van der Waals surface area (Å²) >= 11 is 0. The fourth-order valence-corrected chi connectivity index (χ4v) is 4.89. The van der Waals surface area contributed by atoms with E-state index in [1.54, 1.807) is 6.92 Å². The average Bonchev–Trinajstić information content (AvgIpc) is 2.65. The first kappa shape index (κ1) is 23.8. The molecule has 1 saturated carbocycles. The van der Waals surface area contributed by atoms with Gasteiger partial charge in [0.2, 0.25) is 20.0 Å². The maximum atomic E-state index is 12.9. The van der Waals surface area contributed by atoms with Crippen LogP contribution in [0.25, 0.3) is 0 Å². The minimum absolute atomic E-state index is 0.0943. The Morgan fingerprint density at radius 3 is 2.70 bits per heavy atom. The van der Waals surface area contributed by atoms with Gasteiger partial charge < -0.3 is 10.5 Å². The van der Waals surface area contributed by atoms with Crippen LogP contribution in [0.4, 0.5) is 5.69 Å². The van der Waals surface area contributed by atoms with E-state index in [1.807, 2.05) is 0 Å². The van der Waals surface area contributed by atoms with Crippen molar-refractivity contribution in [2.75, 3.05) is 24.1 Å². The standard InChI is InChI=1S/C18H26N4O6S2/c1-3-28-18(23)12-20-16-8-5-9-17(15(16)11-19)22-30(26,27)14-7-4-6-13(10-14)21-29(2,24)25/h4,6-7,10-11,17,21-22H,3,5,8-9,12,19H2,1-2H3. The molecule has 4 N–H and O–H groups in total. The number of anilines is 1. The van der Waals surface area contributed by atoms with Crippen molar-refractivity contribution in [3.05, 3.63) is 36.0 Å². The van der Waals surface area contributed by atoms with Crippen molar-refractivity contribution in [2.45, 2.75) is 37.1 Å². The molecular formula is C18H26N4O6S2. The Morgan fingerprint density at radius 1 is 1.33 bits per heavy atom. The molecule has 12 heteroatoms. The van der Waals surface area contributed by atoms with E-state index in [9.17, 15) is 21.6 Å². The van der Waals surface area contributed by atoms with Crippen LogP contribution < -0.4 is 15.2 Å². The van der Waals surface area contributed by atoms with Gasteiger partial charge in [-0.15, -0.1) is 0 Å². The van der Waals surface area contributed by atoms with Crippen LogP contribution in [-0.4, -0.2) is 54.0 Å². The number of carbonyl (C=O) groups excluding carboxylic acids is 1. The zero-order valence-corrected chi connectivity index (χ0v) is 18.4. The van der Waals surface area contributed by atoms with E-state index >= 15 is 0 Å². The third-order valence-corrected chi connectivity index (χ3v) is 6.32. The Hall–Kier alpha value is -2.44. The van der Waals surface area contributed by atoms with E-state index in [1.165, 1.54) is 30.5 Å². The molecule has 0 aliphatic heterocycles. The number of esters is 1. The van der Waals surface area contributed by atoms with Crippen molar-refractivity contribution in [2.24, 2.45) is 10.7 Å². The van der Waals surface area contributed by atoms with Crippen LogP contribution in [0.15, 0.2) is 45.9 Å². The number of rotatable bonds is 8. The number of benzene rings is 1. The number of sulfonamides is 2. The van der Waals surface area contributed by atoms with Crippen molar-refractivity contribution in [3.8, 4) is 0 Å². The van der Waals surface area contributed by atoms with Crippen molar-refractivity contribution < 1.29 is 26.4 Å². The molecule has 1 aromatic rings. The summed E-state index contributed by atoms with van der Waals surface area (Å²) in [5, 5.41) is 0. The van der Waals surface area contributed by atoms with Crippen LogP contribution >= 0.6 is 0 Å². The summed E-state index contributed by atoms with van der Waals surface area (Å²) in [5.41, 5.74) is 6.92. The Labute approximate surface area is 176 Å². The van der Waals surface area contributed by atoms with E-state index in [2.05, 4.69) is 14.4 Å². The lowest BCUT2D eigenvalue weighted by atomic mass is 9.89. The molecule has 1 atom stereocenters. The second kappa shape index (κ2) is 10.0. The van der Waals surface area contributed by atoms with E-state index in [0.29, 0.717) is 30.5 Å². The zero-order chi connectivity index (χ0) is 22.4. The van der Waals surface area contributed by atoms with Crippen LogP contribution in [0.1, 0.15) is 26.2 Å². The zero-order valence-electron chi connectivity index (χ0n) is 16.8. The van der Waals surface area contributed by atoms with Gasteiger partial charge in [-0.05, 0) is 44.4 Å². The normalized spacial score (nSPS) is 20.3. The minimum atomic E-state index is -3.97. The molecule has 1 fully saturated rings. The fourth-order valence-electron chi connectivity index (χ4n) is 3.04. The molecule has 0 spiro atoms. The second-order valence-electron chi connectivity index (χ2n) is 6.66. The first-order chi connectivity index (χ1) is 14.1. The Bertz CT molecular complexity index is 1050. The number of ether oxygens (including phenoxy) is 1. The number of nitrogens with two attached hydrogens (primary N) is 1. The third kappa shape index (κ3) is 6.82. The molecule has 10 nitrogen and oxygen atoms in total.